The van der Waals surface area contributed by atoms with Gasteiger partial charge in [-0.3, -0.25) is 9.88 Å². The molecule has 1 aliphatic rings. The maximum Gasteiger partial charge on any atom is 0.414 e. The number of benzene rings is 2. The molecule has 1 atom stereocenters. The first-order valence-electron chi connectivity index (χ1n) is 7.79. The van der Waals surface area contributed by atoms with Gasteiger partial charge in [0.2, 0.25) is 0 Å². The van der Waals surface area contributed by atoms with Gasteiger partial charge in [0.1, 0.15) is 12.4 Å². The maximum atomic E-state index is 12.0. The zero-order chi connectivity index (χ0) is 16.4. The standard InChI is InChI=1S/C19H16N2O3/c22-19-21(16-4-2-1-3-5-16)12-18(24-19)13-23-17-7-6-14-8-9-20-11-15(14)10-17/h1-11,18H,12-13H2. The molecule has 3 aromatic rings. The average Bonchev–Trinajstić information content (AvgIpc) is 3.01. The van der Waals surface area contributed by atoms with Crippen LogP contribution in [-0.2, 0) is 4.74 Å². The van der Waals surface area contributed by atoms with E-state index in [0.29, 0.717) is 13.2 Å². The summed E-state index contributed by atoms with van der Waals surface area (Å²) in [6.45, 7) is 0.804. The number of amides is 1. The highest BCUT2D eigenvalue weighted by molar-refractivity contribution is 5.89. The number of carbonyl (C=O) groups is 1. The Balaban J connectivity index is 1.42. The molecule has 5 heteroatoms. The number of cyclic esters (lactones) is 1. The molecule has 1 amide bonds. The van der Waals surface area contributed by atoms with Crippen LogP contribution in [0.3, 0.4) is 0 Å². The highest BCUT2D eigenvalue weighted by Gasteiger charge is 2.32. The molecule has 120 valence electrons. The summed E-state index contributed by atoms with van der Waals surface area (Å²) in [7, 11) is 0. The molecule has 5 nitrogen and oxygen atoms in total. The lowest BCUT2D eigenvalue weighted by Crippen LogP contribution is -2.26. The lowest BCUT2D eigenvalue weighted by Gasteiger charge is -2.13. The van der Waals surface area contributed by atoms with E-state index in [1.165, 1.54) is 0 Å². The number of rotatable bonds is 4. The van der Waals surface area contributed by atoms with E-state index in [2.05, 4.69) is 4.98 Å². The van der Waals surface area contributed by atoms with Crippen LogP contribution in [0.2, 0.25) is 0 Å². The molecular formula is C19H16N2O3. The van der Waals surface area contributed by atoms with Crippen molar-refractivity contribution < 1.29 is 14.3 Å². The lowest BCUT2D eigenvalue weighted by atomic mass is 10.2. The monoisotopic (exact) mass is 320 g/mol. The van der Waals surface area contributed by atoms with E-state index in [0.717, 1.165) is 22.2 Å². The maximum absolute atomic E-state index is 12.0. The molecule has 0 N–H and O–H groups in total. The van der Waals surface area contributed by atoms with Crippen molar-refractivity contribution in [3.8, 4) is 5.75 Å². The van der Waals surface area contributed by atoms with Gasteiger partial charge in [0.25, 0.3) is 0 Å². The molecule has 1 unspecified atom stereocenters. The number of aromatic nitrogens is 1. The second-order valence-corrected chi connectivity index (χ2v) is 5.65. The summed E-state index contributed by atoms with van der Waals surface area (Å²) in [5.74, 6) is 0.740. The highest BCUT2D eigenvalue weighted by atomic mass is 16.6. The minimum absolute atomic E-state index is 0.290. The van der Waals surface area contributed by atoms with Crippen LogP contribution < -0.4 is 9.64 Å². The molecular weight excluding hydrogens is 304 g/mol. The van der Waals surface area contributed by atoms with Gasteiger partial charge in [-0.05, 0) is 35.7 Å². The number of anilines is 1. The summed E-state index contributed by atoms with van der Waals surface area (Å²) >= 11 is 0. The predicted molar refractivity (Wildman–Crippen MR) is 91.3 cm³/mol. The molecule has 1 aliphatic heterocycles. The summed E-state index contributed by atoms with van der Waals surface area (Å²) in [5.41, 5.74) is 0.835. The Hall–Kier alpha value is -3.08. The van der Waals surface area contributed by atoms with Crippen molar-refractivity contribution in [2.45, 2.75) is 6.10 Å². The first-order chi connectivity index (χ1) is 11.8. The second kappa shape index (κ2) is 6.20. The van der Waals surface area contributed by atoms with E-state index >= 15 is 0 Å². The zero-order valence-corrected chi connectivity index (χ0v) is 13.0. The molecule has 24 heavy (non-hydrogen) atoms. The fourth-order valence-electron chi connectivity index (χ4n) is 2.77. The Morgan fingerprint density at radius 3 is 2.88 bits per heavy atom. The van der Waals surface area contributed by atoms with Gasteiger partial charge >= 0.3 is 6.09 Å². The summed E-state index contributed by atoms with van der Waals surface area (Å²) in [5, 5.41) is 2.13. The van der Waals surface area contributed by atoms with Gasteiger partial charge in [0.05, 0.1) is 6.54 Å². The Labute approximate surface area is 139 Å². The third-order valence-electron chi connectivity index (χ3n) is 3.99. The molecule has 2 aromatic carbocycles. The minimum Gasteiger partial charge on any atom is -0.490 e. The average molecular weight is 320 g/mol. The van der Waals surface area contributed by atoms with Crippen LogP contribution in [0, 0.1) is 0 Å². The minimum atomic E-state index is -0.336. The van der Waals surface area contributed by atoms with E-state index < -0.39 is 0 Å². The van der Waals surface area contributed by atoms with Gasteiger partial charge < -0.3 is 9.47 Å². The van der Waals surface area contributed by atoms with E-state index in [4.69, 9.17) is 9.47 Å². The third kappa shape index (κ3) is 2.88. The summed E-state index contributed by atoms with van der Waals surface area (Å²) in [4.78, 5) is 17.7. The highest BCUT2D eigenvalue weighted by Crippen LogP contribution is 2.23. The van der Waals surface area contributed by atoms with Crippen LogP contribution in [0.1, 0.15) is 0 Å². The van der Waals surface area contributed by atoms with Crippen molar-refractivity contribution >= 4 is 22.6 Å². The SMILES string of the molecule is O=C1OC(COc2ccc3ccncc3c2)CN1c1ccccc1. The van der Waals surface area contributed by atoms with Gasteiger partial charge in [0, 0.05) is 23.5 Å². The number of hydrogen-bond donors (Lipinski definition) is 0. The summed E-state index contributed by atoms with van der Waals surface area (Å²) in [6.07, 6.45) is 2.94. The third-order valence-corrected chi connectivity index (χ3v) is 3.99. The number of carbonyl (C=O) groups excluding carboxylic acids is 1. The number of pyridine rings is 1. The van der Waals surface area contributed by atoms with Gasteiger partial charge in [-0.2, -0.15) is 0 Å². The number of ether oxygens (including phenoxy) is 2. The normalized spacial score (nSPS) is 17.1. The molecule has 0 bridgehead atoms. The molecule has 2 heterocycles. The van der Waals surface area contributed by atoms with Crippen LogP contribution in [0.15, 0.2) is 67.0 Å². The Morgan fingerprint density at radius 1 is 1.12 bits per heavy atom. The zero-order valence-electron chi connectivity index (χ0n) is 13.0. The molecule has 1 saturated heterocycles. The largest absolute Gasteiger partial charge is 0.490 e. The van der Waals surface area contributed by atoms with Crippen LogP contribution >= 0.6 is 0 Å². The molecule has 0 aliphatic carbocycles. The molecule has 0 radical (unpaired) electrons. The van der Waals surface area contributed by atoms with Gasteiger partial charge in [-0.15, -0.1) is 0 Å². The van der Waals surface area contributed by atoms with Gasteiger partial charge in [0.15, 0.2) is 6.10 Å². The van der Waals surface area contributed by atoms with Crippen molar-refractivity contribution in [3.63, 3.8) is 0 Å². The summed E-state index contributed by atoms with van der Waals surface area (Å²) < 4.78 is 11.2. The van der Waals surface area contributed by atoms with E-state index in [9.17, 15) is 4.79 Å². The van der Waals surface area contributed by atoms with Crippen molar-refractivity contribution in [2.24, 2.45) is 0 Å². The van der Waals surface area contributed by atoms with Gasteiger partial charge in [-0.1, -0.05) is 24.3 Å². The molecule has 1 fully saturated rings. The smallest absolute Gasteiger partial charge is 0.414 e. The molecule has 0 saturated carbocycles. The first kappa shape index (κ1) is 14.5. The van der Waals surface area contributed by atoms with Gasteiger partial charge in [-0.25, -0.2) is 4.79 Å². The lowest BCUT2D eigenvalue weighted by molar-refractivity contribution is 0.105. The van der Waals surface area contributed by atoms with Crippen LogP contribution in [-0.4, -0.2) is 30.3 Å². The Bertz CT molecular complexity index is 867. The van der Waals surface area contributed by atoms with Crippen molar-refractivity contribution in [2.75, 3.05) is 18.1 Å². The fraction of sp³-hybridized carbons (Fsp3) is 0.158. The van der Waals surface area contributed by atoms with E-state index in [-0.39, 0.29) is 12.2 Å². The van der Waals surface area contributed by atoms with Crippen LogP contribution in [0.5, 0.6) is 5.75 Å². The summed E-state index contributed by atoms with van der Waals surface area (Å²) in [6, 6.07) is 17.3. The fourth-order valence-corrected chi connectivity index (χ4v) is 2.77. The molecule has 0 spiro atoms. The molecule has 1 aromatic heterocycles. The van der Waals surface area contributed by atoms with Crippen molar-refractivity contribution in [1.29, 1.82) is 0 Å². The predicted octanol–water partition coefficient (Wildman–Crippen LogP) is 3.64. The Morgan fingerprint density at radius 2 is 2.00 bits per heavy atom. The number of hydrogen-bond acceptors (Lipinski definition) is 4. The van der Waals surface area contributed by atoms with E-state index in [1.807, 2.05) is 54.6 Å². The van der Waals surface area contributed by atoms with Crippen LogP contribution in [0.25, 0.3) is 10.8 Å². The molecule has 4 rings (SSSR count). The Kier molecular flexibility index (Phi) is 3.75. The van der Waals surface area contributed by atoms with Crippen molar-refractivity contribution in [3.05, 3.63) is 67.0 Å². The van der Waals surface area contributed by atoms with E-state index in [1.54, 1.807) is 17.3 Å². The van der Waals surface area contributed by atoms with Crippen LogP contribution in [0.4, 0.5) is 10.5 Å². The first-order valence-corrected chi connectivity index (χ1v) is 7.79. The quantitative estimate of drug-likeness (QED) is 0.736. The topological polar surface area (TPSA) is 51.7 Å². The number of para-hydroxylation sites is 1. The number of nitrogens with zero attached hydrogens (tertiary/aromatic N) is 2. The number of fused-ring (bicyclic) bond motifs is 1. The second-order valence-electron chi connectivity index (χ2n) is 5.65. The van der Waals surface area contributed by atoms with Crippen molar-refractivity contribution in [1.82, 2.24) is 4.98 Å².